The van der Waals surface area contributed by atoms with Crippen LogP contribution in [0.25, 0.3) is 0 Å². The first kappa shape index (κ1) is 15.6. The fourth-order valence-corrected chi connectivity index (χ4v) is 1.65. The largest absolute Gasteiger partial charge is 0.481 e. The molecule has 22 heavy (non-hydrogen) atoms. The molecule has 0 spiro atoms. The molecular formula is C15H15FN2O4. The average Bonchev–Trinajstić information content (AvgIpc) is 2.93. The van der Waals surface area contributed by atoms with Crippen LogP contribution in [0.3, 0.4) is 0 Å². The lowest BCUT2D eigenvalue weighted by molar-refractivity contribution is -0.128. The van der Waals surface area contributed by atoms with Crippen molar-refractivity contribution in [2.75, 3.05) is 0 Å². The first-order valence-electron chi connectivity index (χ1n) is 6.54. The molecule has 2 aromatic rings. The third-order valence-electron chi connectivity index (χ3n) is 2.86. The number of carbonyl (C=O) groups is 2. The smallest absolute Gasteiger partial charge is 0.305 e. The molecule has 0 saturated carbocycles. The maximum absolute atomic E-state index is 12.8. The molecule has 0 radical (unpaired) electrons. The van der Waals surface area contributed by atoms with E-state index in [-0.39, 0.29) is 5.76 Å². The van der Waals surface area contributed by atoms with E-state index < -0.39 is 23.7 Å². The quantitative estimate of drug-likeness (QED) is 0.846. The Morgan fingerprint density at radius 3 is 2.45 bits per heavy atom. The van der Waals surface area contributed by atoms with Gasteiger partial charge in [-0.2, -0.15) is 0 Å². The van der Waals surface area contributed by atoms with Crippen LogP contribution in [0.2, 0.25) is 0 Å². The van der Waals surface area contributed by atoms with E-state index in [0.717, 1.165) is 0 Å². The summed E-state index contributed by atoms with van der Waals surface area (Å²) in [6.07, 6.45) is 0.509. The van der Waals surface area contributed by atoms with Gasteiger partial charge >= 0.3 is 5.91 Å². The van der Waals surface area contributed by atoms with Gasteiger partial charge in [0.2, 0.25) is 0 Å². The number of amides is 2. The Labute approximate surface area is 126 Å². The highest BCUT2D eigenvalue weighted by Gasteiger charge is 2.17. The van der Waals surface area contributed by atoms with Gasteiger partial charge in [-0.15, -0.1) is 0 Å². The zero-order valence-electron chi connectivity index (χ0n) is 12.1. The van der Waals surface area contributed by atoms with Crippen molar-refractivity contribution in [3.05, 3.63) is 53.7 Å². The van der Waals surface area contributed by atoms with Crippen LogP contribution in [-0.4, -0.2) is 17.9 Å². The van der Waals surface area contributed by atoms with Crippen molar-refractivity contribution >= 4 is 11.8 Å². The molecule has 6 nitrogen and oxygen atoms in total. The van der Waals surface area contributed by atoms with E-state index in [1.54, 1.807) is 13.0 Å². The maximum atomic E-state index is 12.8. The Balaban J connectivity index is 1.85. The summed E-state index contributed by atoms with van der Waals surface area (Å²) in [7, 11) is 0. The van der Waals surface area contributed by atoms with E-state index in [1.807, 2.05) is 0 Å². The summed E-state index contributed by atoms with van der Waals surface area (Å²) < 4.78 is 23.1. The zero-order valence-corrected chi connectivity index (χ0v) is 12.1. The molecule has 1 atom stereocenters. The Bertz CT molecular complexity index is 666. The van der Waals surface area contributed by atoms with E-state index >= 15 is 0 Å². The van der Waals surface area contributed by atoms with E-state index in [0.29, 0.717) is 11.3 Å². The molecule has 0 aliphatic rings. The molecule has 2 rings (SSSR count). The van der Waals surface area contributed by atoms with Crippen LogP contribution in [0.5, 0.6) is 5.75 Å². The van der Waals surface area contributed by atoms with Crippen molar-refractivity contribution in [1.82, 2.24) is 10.9 Å². The number of furan rings is 1. The molecule has 1 unspecified atom stereocenters. The van der Waals surface area contributed by atoms with Crippen molar-refractivity contribution in [2.45, 2.75) is 20.0 Å². The lowest BCUT2D eigenvalue weighted by atomic mass is 10.3. The summed E-state index contributed by atoms with van der Waals surface area (Å²) in [6, 6.07) is 6.90. The molecule has 1 heterocycles. The summed E-state index contributed by atoms with van der Waals surface area (Å²) in [5, 5.41) is 0. The van der Waals surface area contributed by atoms with Gasteiger partial charge in [-0.25, -0.2) is 4.39 Å². The highest BCUT2D eigenvalue weighted by molar-refractivity contribution is 5.94. The van der Waals surface area contributed by atoms with E-state index in [1.165, 1.54) is 37.5 Å². The Morgan fingerprint density at radius 1 is 1.18 bits per heavy atom. The molecule has 116 valence electrons. The molecule has 0 aliphatic heterocycles. The van der Waals surface area contributed by atoms with Gasteiger partial charge in [0.05, 0.1) is 6.26 Å². The summed E-state index contributed by atoms with van der Waals surface area (Å²) in [5.74, 6) is -1.05. The molecular weight excluding hydrogens is 291 g/mol. The Hall–Kier alpha value is -2.83. The van der Waals surface area contributed by atoms with E-state index in [4.69, 9.17) is 9.15 Å². The number of benzene rings is 1. The molecule has 2 amide bonds. The number of carbonyl (C=O) groups excluding carboxylic acids is 2. The second-order valence-electron chi connectivity index (χ2n) is 4.59. The number of nitrogens with one attached hydrogen (secondary N) is 2. The molecule has 2 N–H and O–H groups in total. The van der Waals surface area contributed by atoms with Crippen molar-refractivity contribution < 1.29 is 23.1 Å². The minimum atomic E-state index is -0.872. The maximum Gasteiger partial charge on any atom is 0.305 e. The summed E-state index contributed by atoms with van der Waals surface area (Å²) >= 11 is 0. The highest BCUT2D eigenvalue weighted by Crippen LogP contribution is 2.13. The normalized spacial score (nSPS) is 11.6. The molecule has 0 fully saturated rings. The van der Waals surface area contributed by atoms with Crippen LogP contribution in [0.15, 0.2) is 41.0 Å². The number of hydrogen-bond acceptors (Lipinski definition) is 4. The Morgan fingerprint density at radius 2 is 1.86 bits per heavy atom. The number of aryl methyl sites for hydroxylation is 1. The van der Waals surface area contributed by atoms with E-state index in [9.17, 15) is 14.0 Å². The van der Waals surface area contributed by atoms with Gasteiger partial charge in [0.25, 0.3) is 5.91 Å². The number of rotatable bonds is 4. The number of halogens is 1. The first-order valence-corrected chi connectivity index (χ1v) is 6.54. The molecule has 0 aliphatic carbocycles. The average molecular weight is 306 g/mol. The van der Waals surface area contributed by atoms with Gasteiger partial charge in [-0.3, -0.25) is 20.4 Å². The highest BCUT2D eigenvalue weighted by atomic mass is 19.1. The minimum absolute atomic E-state index is 0.118. The number of ether oxygens (including phenoxy) is 1. The lowest BCUT2D eigenvalue weighted by Crippen LogP contribution is -2.47. The fourth-order valence-electron chi connectivity index (χ4n) is 1.65. The fraction of sp³-hybridized carbons (Fsp3) is 0.200. The summed E-state index contributed by atoms with van der Waals surface area (Å²) in [6.45, 7) is 3.21. The topological polar surface area (TPSA) is 80.6 Å². The van der Waals surface area contributed by atoms with Gasteiger partial charge in [0.1, 0.15) is 11.6 Å². The van der Waals surface area contributed by atoms with Crippen LogP contribution in [0.1, 0.15) is 23.0 Å². The van der Waals surface area contributed by atoms with Crippen molar-refractivity contribution in [3.63, 3.8) is 0 Å². The van der Waals surface area contributed by atoms with Crippen LogP contribution in [0.4, 0.5) is 4.39 Å². The van der Waals surface area contributed by atoms with Crippen LogP contribution in [-0.2, 0) is 4.79 Å². The van der Waals surface area contributed by atoms with Gasteiger partial charge in [0.15, 0.2) is 11.9 Å². The molecule has 7 heteroatoms. The predicted molar refractivity (Wildman–Crippen MR) is 75.5 cm³/mol. The van der Waals surface area contributed by atoms with Gasteiger partial charge in [-0.05, 0) is 44.2 Å². The molecule has 1 aromatic heterocycles. The van der Waals surface area contributed by atoms with Gasteiger partial charge in [-0.1, -0.05) is 0 Å². The van der Waals surface area contributed by atoms with E-state index in [2.05, 4.69) is 10.9 Å². The standard InChI is InChI=1S/C15H15FN2O4/c1-9-7-8-21-13(9)15(20)18-17-14(19)10(2)22-12-5-3-11(16)4-6-12/h3-8,10H,1-2H3,(H,17,19)(H,18,20). The molecule has 0 bridgehead atoms. The third kappa shape index (κ3) is 3.85. The minimum Gasteiger partial charge on any atom is -0.481 e. The van der Waals surface area contributed by atoms with Crippen LogP contribution >= 0.6 is 0 Å². The zero-order chi connectivity index (χ0) is 16.1. The number of hydrogen-bond donors (Lipinski definition) is 2. The van der Waals surface area contributed by atoms with Gasteiger partial charge < -0.3 is 9.15 Å². The van der Waals surface area contributed by atoms with Crippen LogP contribution < -0.4 is 15.6 Å². The van der Waals surface area contributed by atoms with Gasteiger partial charge in [0, 0.05) is 5.56 Å². The van der Waals surface area contributed by atoms with Crippen molar-refractivity contribution in [3.8, 4) is 5.75 Å². The molecule has 0 saturated heterocycles. The SMILES string of the molecule is Cc1ccoc1C(=O)NNC(=O)C(C)Oc1ccc(F)cc1. The van der Waals surface area contributed by atoms with Crippen molar-refractivity contribution in [2.24, 2.45) is 0 Å². The van der Waals surface area contributed by atoms with Crippen molar-refractivity contribution in [1.29, 1.82) is 0 Å². The lowest BCUT2D eigenvalue weighted by Gasteiger charge is -2.14. The summed E-state index contributed by atoms with van der Waals surface area (Å²) in [5.41, 5.74) is 5.12. The monoisotopic (exact) mass is 306 g/mol. The first-order chi connectivity index (χ1) is 10.5. The van der Waals surface area contributed by atoms with Crippen LogP contribution in [0, 0.1) is 12.7 Å². The second-order valence-corrected chi connectivity index (χ2v) is 4.59. The molecule has 1 aromatic carbocycles. The second kappa shape index (κ2) is 6.75. The Kier molecular flexibility index (Phi) is 4.77. The number of hydrazine groups is 1. The predicted octanol–water partition coefficient (Wildman–Crippen LogP) is 1.96. The summed E-state index contributed by atoms with van der Waals surface area (Å²) in [4.78, 5) is 23.6. The third-order valence-corrected chi connectivity index (χ3v) is 2.86.